The van der Waals surface area contributed by atoms with Gasteiger partial charge in [-0.05, 0) is 13.3 Å². The standard InChI is InChI=1S/C12H21NO/c1-3-5-7-8-9-12(14)11-13-10-6-4-2/h13H,3,5,7-11H2,1-2H3. The van der Waals surface area contributed by atoms with E-state index in [-0.39, 0.29) is 0 Å². The summed E-state index contributed by atoms with van der Waals surface area (Å²) >= 11 is 0. The summed E-state index contributed by atoms with van der Waals surface area (Å²) < 4.78 is 0. The Kier molecular flexibility index (Phi) is 9.68. The van der Waals surface area contributed by atoms with Gasteiger partial charge in [0, 0.05) is 6.42 Å². The van der Waals surface area contributed by atoms with Crippen molar-refractivity contribution in [3.8, 4) is 11.8 Å². The zero-order valence-electron chi connectivity index (χ0n) is 9.36. The third-order valence-electron chi connectivity index (χ3n) is 2.02. The van der Waals surface area contributed by atoms with Crippen molar-refractivity contribution >= 4 is 5.78 Å². The van der Waals surface area contributed by atoms with Crippen molar-refractivity contribution in [2.24, 2.45) is 0 Å². The highest BCUT2D eigenvalue weighted by molar-refractivity contribution is 5.80. The lowest BCUT2D eigenvalue weighted by atomic mass is 10.1. The maximum atomic E-state index is 11.3. The van der Waals surface area contributed by atoms with Crippen LogP contribution in [0.2, 0.25) is 0 Å². The Labute approximate surface area is 87.5 Å². The molecule has 0 spiro atoms. The van der Waals surface area contributed by atoms with E-state index in [1.165, 1.54) is 19.3 Å². The molecule has 0 bridgehead atoms. The van der Waals surface area contributed by atoms with Crippen LogP contribution in [0.15, 0.2) is 0 Å². The number of hydrogen-bond acceptors (Lipinski definition) is 2. The van der Waals surface area contributed by atoms with Gasteiger partial charge in [0.2, 0.25) is 0 Å². The Morgan fingerprint density at radius 1 is 1.29 bits per heavy atom. The van der Waals surface area contributed by atoms with Crippen LogP contribution in [0.4, 0.5) is 0 Å². The highest BCUT2D eigenvalue weighted by atomic mass is 16.1. The molecule has 2 nitrogen and oxygen atoms in total. The van der Waals surface area contributed by atoms with Crippen molar-refractivity contribution in [1.82, 2.24) is 5.32 Å². The lowest BCUT2D eigenvalue weighted by Gasteiger charge is -2.00. The van der Waals surface area contributed by atoms with Gasteiger partial charge in [-0.3, -0.25) is 10.1 Å². The van der Waals surface area contributed by atoms with Gasteiger partial charge in [-0.2, -0.15) is 0 Å². The number of carbonyl (C=O) groups excluding carboxylic acids is 1. The van der Waals surface area contributed by atoms with Crippen LogP contribution in [0.1, 0.15) is 46.0 Å². The van der Waals surface area contributed by atoms with E-state index >= 15 is 0 Å². The molecule has 0 saturated carbocycles. The second-order valence-electron chi connectivity index (χ2n) is 3.38. The second kappa shape index (κ2) is 10.3. The van der Waals surface area contributed by atoms with Crippen LogP contribution in [0, 0.1) is 11.8 Å². The predicted octanol–water partition coefficient (Wildman–Crippen LogP) is 2.14. The monoisotopic (exact) mass is 195 g/mol. The molecule has 14 heavy (non-hydrogen) atoms. The lowest BCUT2D eigenvalue weighted by Crippen LogP contribution is -2.22. The molecule has 0 atom stereocenters. The molecular formula is C12H21NO. The number of unbranched alkanes of at least 4 members (excludes halogenated alkanes) is 3. The Morgan fingerprint density at radius 2 is 2.07 bits per heavy atom. The maximum Gasteiger partial charge on any atom is 0.146 e. The summed E-state index contributed by atoms with van der Waals surface area (Å²) in [6.45, 7) is 5.07. The van der Waals surface area contributed by atoms with E-state index in [0.717, 1.165) is 6.42 Å². The van der Waals surface area contributed by atoms with Crippen molar-refractivity contribution in [2.45, 2.75) is 46.0 Å². The molecule has 0 radical (unpaired) electrons. The molecule has 2 heteroatoms. The molecular weight excluding hydrogens is 174 g/mol. The minimum Gasteiger partial charge on any atom is -0.299 e. The van der Waals surface area contributed by atoms with Crippen molar-refractivity contribution in [3.05, 3.63) is 0 Å². The summed E-state index contributed by atoms with van der Waals surface area (Å²) in [5.41, 5.74) is 0. The summed E-state index contributed by atoms with van der Waals surface area (Å²) in [5, 5.41) is 3.00. The number of Topliss-reactive ketones (excluding diaryl/α,β-unsaturated/α-hetero) is 1. The first-order valence-electron chi connectivity index (χ1n) is 5.43. The van der Waals surface area contributed by atoms with Crippen LogP contribution in [-0.2, 0) is 4.79 Å². The summed E-state index contributed by atoms with van der Waals surface area (Å²) in [7, 11) is 0. The van der Waals surface area contributed by atoms with E-state index in [1.807, 2.05) is 0 Å². The van der Waals surface area contributed by atoms with Gasteiger partial charge in [0.25, 0.3) is 0 Å². The van der Waals surface area contributed by atoms with Gasteiger partial charge in [0.05, 0.1) is 13.1 Å². The molecule has 0 fully saturated rings. The molecule has 0 aromatic carbocycles. The normalized spacial score (nSPS) is 9.29. The van der Waals surface area contributed by atoms with Crippen molar-refractivity contribution < 1.29 is 4.79 Å². The zero-order valence-corrected chi connectivity index (χ0v) is 9.36. The maximum absolute atomic E-state index is 11.3. The van der Waals surface area contributed by atoms with E-state index in [9.17, 15) is 4.79 Å². The molecule has 0 rings (SSSR count). The first-order chi connectivity index (χ1) is 6.81. The van der Waals surface area contributed by atoms with Gasteiger partial charge in [-0.25, -0.2) is 0 Å². The molecule has 1 N–H and O–H groups in total. The molecule has 0 aromatic heterocycles. The molecule has 0 aliphatic carbocycles. The fourth-order valence-electron chi connectivity index (χ4n) is 1.19. The topological polar surface area (TPSA) is 29.1 Å². The highest BCUT2D eigenvalue weighted by Crippen LogP contribution is 2.02. The van der Waals surface area contributed by atoms with Gasteiger partial charge in [0.1, 0.15) is 5.78 Å². The minimum absolute atomic E-state index is 0.305. The molecule has 0 saturated heterocycles. The summed E-state index contributed by atoms with van der Waals surface area (Å²) in [4.78, 5) is 11.3. The SMILES string of the molecule is CC#CCNCC(=O)CCCCCC. The highest BCUT2D eigenvalue weighted by Gasteiger charge is 1.99. The van der Waals surface area contributed by atoms with Crippen LogP contribution in [0.25, 0.3) is 0 Å². The number of hydrogen-bond donors (Lipinski definition) is 1. The Hall–Kier alpha value is -0.810. The van der Waals surface area contributed by atoms with E-state index in [2.05, 4.69) is 24.1 Å². The average Bonchev–Trinajstić information content (AvgIpc) is 2.19. The third kappa shape index (κ3) is 9.28. The van der Waals surface area contributed by atoms with Gasteiger partial charge in [-0.15, -0.1) is 5.92 Å². The van der Waals surface area contributed by atoms with Gasteiger partial charge >= 0.3 is 0 Å². The fourth-order valence-corrected chi connectivity index (χ4v) is 1.19. The van der Waals surface area contributed by atoms with Gasteiger partial charge in [-0.1, -0.05) is 32.1 Å². The molecule has 0 aromatic rings. The molecule has 0 amide bonds. The quantitative estimate of drug-likeness (QED) is 0.475. The Morgan fingerprint density at radius 3 is 2.71 bits per heavy atom. The predicted molar refractivity (Wildman–Crippen MR) is 60.1 cm³/mol. The second-order valence-corrected chi connectivity index (χ2v) is 3.38. The Bertz CT molecular complexity index is 200. The molecule has 0 heterocycles. The number of carbonyl (C=O) groups is 1. The van der Waals surface area contributed by atoms with E-state index in [4.69, 9.17) is 0 Å². The lowest BCUT2D eigenvalue weighted by molar-refractivity contribution is -0.118. The zero-order chi connectivity index (χ0) is 10.6. The number of rotatable bonds is 8. The van der Waals surface area contributed by atoms with Gasteiger partial charge < -0.3 is 0 Å². The number of ketones is 1. The van der Waals surface area contributed by atoms with Gasteiger partial charge in [0.15, 0.2) is 0 Å². The van der Waals surface area contributed by atoms with E-state index in [1.54, 1.807) is 6.92 Å². The molecule has 0 aliphatic heterocycles. The van der Waals surface area contributed by atoms with Crippen molar-refractivity contribution in [2.75, 3.05) is 13.1 Å². The summed E-state index contributed by atoms with van der Waals surface area (Å²) in [6, 6.07) is 0. The fraction of sp³-hybridized carbons (Fsp3) is 0.750. The van der Waals surface area contributed by atoms with E-state index in [0.29, 0.717) is 25.3 Å². The minimum atomic E-state index is 0.305. The molecule has 0 aliphatic rings. The average molecular weight is 195 g/mol. The van der Waals surface area contributed by atoms with E-state index < -0.39 is 0 Å². The van der Waals surface area contributed by atoms with Crippen LogP contribution < -0.4 is 5.32 Å². The van der Waals surface area contributed by atoms with Crippen molar-refractivity contribution in [3.63, 3.8) is 0 Å². The van der Waals surface area contributed by atoms with Crippen molar-refractivity contribution in [1.29, 1.82) is 0 Å². The largest absolute Gasteiger partial charge is 0.299 e. The molecule has 0 unspecified atom stereocenters. The number of nitrogens with one attached hydrogen (secondary N) is 1. The van der Waals surface area contributed by atoms with Crippen LogP contribution >= 0.6 is 0 Å². The van der Waals surface area contributed by atoms with Crippen LogP contribution in [0.3, 0.4) is 0 Å². The summed E-state index contributed by atoms with van der Waals surface area (Å²) in [6.07, 6.45) is 5.39. The molecule has 80 valence electrons. The third-order valence-corrected chi connectivity index (χ3v) is 2.02. The summed E-state index contributed by atoms with van der Waals surface area (Å²) in [5.74, 6) is 5.95. The Balaban J connectivity index is 3.22. The first-order valence-corrected chi connectivity index (χ1v) is 5.43. The van der Waals surface area contributed by atoms with Crippen LogP contribution in [-0.4, -0.2) is 18.9 Å². The van der Waals surface area contributed by atoms with Crippen LogP contribution in [0.5, 0.6) is 0 Å². The smallest absolute Gasteiger partial charge is 0.146 e. The first kappa shape index (κ1) is 13.2.